The van der Waals surface area contributed by atoms with E-state index in [0.717, 1.165) is 11.7 Å². The number of nitrogens with two attached hydrogens (primary N) is 1. The maximum atomic E-state index is 6.47. The third-order valence-corrected chi connectivity index (χ3v) is 4.48. The first-order chi connectivity index (χ1) is 9.24. The van der Waals surface area contributed by atoms with Crippen molar-refractivity contribution in [2.45, 2.75) is 52.0 Å². The highest BCUT2D eigenvalue weighted by molar-refractivity contribution is 5.29. The summed E-state index contributed by atoms with van der Waals surface area (Å²) in [4.78, 5) is 0. The minimum atomic E-state index is 0.185. The topological polar surface area (TPSA) is 35.2 Å². The van der Waals surface area contributed by atoms with Crippen molar-refractivity contribution in [3.8, 4) is 5.75 Å². The molecule has 1 aliphatic rings. The van der Waals surface area contributed by atoms with Crippen molar-refractivity contribution >= 4 is 0 Å². The van der Waals surface area contributed by atoms with Gasteiger partial charge in [-0.1, -0.05) is 38.3 Å². The molecule has 1 aromatic carbocycles. The number of rotatable bonds is 5. The summed E-state index contributed by atoms with van der Waals surface area (Å²) < 4.78 is 5.48. The molecule has 0 aliphatic heterocycles. The predicted molar refractivity (Wildman–Crippen MR) is 80.3 cm³/mol. The molecule has 3 unspecified atom stereocenters. The van der Waals surface area contributed by atoms with Crippen LogP contribution < -0.4 is 10.5 Å². The van der Waals surface area contributed by atoms with Crippen LogP contribution in [-0.4, -0.2) is 6.61 Å². The molecule has 0 saturated heterocycles. The minimum Gasteiger partial charge on any atom is -0.494 e. The van der Waals surface area contributed by atoms with Gasteiger partial charge in [0.05, 0.1) is 6.61 Å². The van der Waals surface area contributed by atoms with Crippen LogP contribution in [0.15, 0.2) is 24.3 Å². The Bertz CT molecular complexity index is 373. The maximum Gasteiger partial charge on any atom is 0.119 e. The Morgan fingerprint density at radius 3 is 2.58 bits per heavy atom. The summed E-state index contributed by atoms with van der Waals surface area (Å²) in [5, 5.41) is 0. The van der Waals surface area contributed by atoms with E-state index in [9.17, 15) is 0 Å². The molecule has 3 atom stereocenters. The van der Waals surface area contributed by atoms with Crippen LogP contribution in [0.25, 0.3) is 0 Å². The van der Waals surface area contributed by atoms with E-state index in [0.29, 0.717) is 12.5 Å². The van der Waals surface area contributed by atoms with Crippen LogP contribution in [0.3, 0.4) is 0 Å². The molecule has 2 nitrogen and oxygen atoms in total. The summed E-state index contributed by atoms with van der Waals surface area (Å²) in [6.45, 7) is 5.02. The van der Waals surface area contributed by atoms with Crippen molar-refractivity contribution in [2.24, 2.45) is 17.6 Å². The maximum absolute atomic E-state index is 6.47. The third-order valence-electron chi connectivity index (χ3n) is 4.48. The van der Waals surface area contributed by atoms with Crippen molar-refractivity contribution in [1.29, 1.82) is 0 Å². The summed E-state index contributed by atoms with van der Waals surface area (Å²) in [5.74, 6) is 2.47. The van der Waals surface area contributed by atoms with E-state index in [1.165, 1.54) is 37.7 Å². The fourth-order valence-corrected chi connectivity index (χ4v) is 3.25. The van der Waals surface area contributed by atoms with Crippen molar-refractivity contribution < 1.29 is 4.74 Å². The zero-order chi connectivity index (χ0) is 13.7. The van der Waals surface area contributed by atoms with E-state index in [4.69, 9.17) is 10.5 Å². The van der Waals surface area contributed by atoms with Gasteiger partial charge >= 0.3 is 0 Å². The van der Waals surface area contributed by atoms with Gasteiger partial charge in [0.2, 0.25) is 0 Å². The molecule has 0 heterocycles. The van der Waals surface area contributed by atoms with Crippen LogP contribution >= 0.6 is 0 Å². The minimum absolute atomic E-state index is 0.185. The summed E-state index contributed by atoms with van der Waals surface area (Å²) in [5.41, 5.74) is 7.72. The first-order valence-electron chi connectivity index (χ1n) is 7.72. The van der Waals surface area contributed by atoms with Gasteiger partial charge in [0, 0.05) is 6.04 Å². The summed E-state index contributed by atoms with van der Waals surface area (Å²) >= 11 is 0. The molecule has 0 aromatic heterocycles. The van der Waals surface area contributed by atoms with Crippen LogP contribution in [0, 0.1) is 11.8 Å². The largest absolute Gasteiger partial charge is 0.494 e. The van der Waals surface area contributed by atoms with Gasteiger partial charge in [-0.3, -0.25) is 0 Å². The fourth-order valence-electron chi connectivity index (χ4n) is 3.25. The molecule has 0 radical (unpaired) electrons. The highest BCUT2D eigenvalue weighted by Crippen LogP contribution is 2.37. The number of ether oxygens (including phenoxy) is 1. The average Bonchev–Trinajstić information content (AvgIpc) is 2.48. The Morgan fingerprint density at radius 2 is 1.95 bits per heavy atom. The normalized spacial score (nSPS) is 25.0. The van der Waals surface area contributed by atoms with Crippen molar-refractivity contribution in [2.75, 3.05) is 6.61 Å². The van der Waals surface area contributed by atoms with E-state index >= 15 is 0 Å². The van der Waals surface area contributed by atoms with E-state index in [-0.39, 0.29) is 6.04 Å². The molecule has 2 N–H and O–H groups in total. The Balaban J connectivity index is 1.99. The Kier molecular flexibility index (Phi) is 5.26. The third kappa shape index (κ3) is 3.73. The van der Waals surface area contributed by atoms with Crippen LogP contribution in [0.2, 0.25) is 0 Å². The Morgan fingerprint density at radius 1 is 1.21 bits per heavy atom. The average molecular weight is 261 g/mol. The summed E-state index contributed by atoms with van der Waals surface area (Å²) in [6, 6.07) is 8.53. The highest BCUT2D eigenvalue weighted by atomic mass is 16.5. The second-order valence-electron chi connectivity index (χ2n) is 5.73. The Hall–Kier alpha value is -1.02. The monoisotopic (exact) mass is 261 g/mol. The number of hydrogen-bond donors (Lipinski definition) is 1. The lowest BCUT2D eigenvalue weighted by Gasteiger charge is -2.32. The molecule has 1 aliphatic carbocycles. The van der Waals surface area contributed by atoms with E-state index < -0.39 is 0 Å². The lowest BCUT2D eigenvalue weighted by atomic mass is 9.75. The molecule has 0 bridgehead atoms. The predicted octanol–water partition coefficient (Wildman–Crippen LogP) is 4.30. The molecule has 1 saturated carbocycles. The van der Waals surface area contributed by atoms with Gasteiger partial charge in [-0.15, -0.1) is 0 Å². The second-order valence-corrected chi connectivity index (χ2v) is 5.73. The van der Waals surface area contributed by atoms with Crippen LogP contribution in [0.1, 0.15) is 57.6 Å². The van der Waals surface area contributed by atoms with Gasteiger partial charge in [0.25, 0.3) is 0 Å². The first kappa shape index (κ1) is 14.4. The SMILES string of the molecule is CCOc1ccc(C(N)C2CCCC(CC)C2)cc1. The molecule has 19 heavy (non-hydrogen) atoms. The van der Waals surface area contributed by atoms with E-state index in [1.54, 1.807) is 0 Å². The quantitative estimate of drug-likeness (QED) is 0.857. The van der Waals surface area contributed by atoms with Crippen LogP contribution in [-0.2, 0) is 0 Å². The van der Waals surface area contributed by atoms with Crippen molar-refractivity contribution in [3.63, 3.8) is 0 Å². The van der Waals surface area contributed by atoms with Gasteiger partial charge in [0.15, 0.2) is 0 Å². The standard InChI is InChI=1S/C17H27NO/c1-3-13-6-5-7-15(12-13)17(18)14-8-10-16(11-9-14)19-4-2/h8-11,13,15,17H,3-7,12,18H2,1-2H3. The summed E-state index contributed by atoms with van der Waals surface area (Å²) in [6.07, 6.45) is 6.61. The number of benzene rings is 1. The molecule has 2 rings (SSSR count). The van der Waals surface area contributed by atoms with Crippen LogP contribution in [0.5, 0.6) is 5.75 Å². The lowest BCUT2D eigenvalue weighted by Crippen LogP contribution is -2.26. The molecule has 0 amide bonds. The molecule has 0 spiro atoms. The number of hydrogen-bond acceptors (Lipinski definition) is 2. The smallest absolute Gasteiger partial charge is 0.119 e. The fraction of sp³-hybridized carbons (Fsp3) is 0.647. The van der Waals surface area contributed by atoms with Gasteiger partial charge in [-0.05, 0) is 49.3 Å². The summed E-state index contributed by atoms with van der Waals surface area (Å²) in [7, 11) is 0. The van der Waals surface area contributed by atoms with Gasteiger partial charge < -0.3 is 10.5 Å². The molecule has 2 heteroatoms. The molecule has 1 fully saturated rings. The molecular weight excluding hydrogens is 234 g/mol. The van der Waals surface area contributed by atoms with Gasteiger partial charge in [0.1, 0.15) is 5.75 Å². The molecule has 106 valence electrons. The molecular formula is C17H27NO. The zero-order valence-electron chi connectivity index (χ0n) is 12.3. The van der Waals surface area contributed by atoms with Gasteiger partial charge in [-0.2, -0.15) is 0 Å². The highest BCUT2D eigenvalue weighted by Gasteiger charge is 2.26. The van der Waals surface area contributed by atoms with Gasteiger partial charge in [-0.25, -0.2) is 0 Å². The van der Waals surface area contributed by atoms with E-state index in [1.807, 2.05) is 19.1 Å². The first-order valence-corrected chi connectivity index (χ1v) is 7.72. The Labute approximate surface area is 117 Å². The van der Waals surface area contributed by atoms with Crippen LogP contribution in [0.4, 0.5) is 0 Å². The van der Waals surface area contributed by atoms with Crippen molar-refractivity contribution in [1.82, 2.24) is 0 Å². The van der Waals surface area contributed by atoms with E-state index in [2.05, 4.69) is 19.1 Å². The molecule has 1 aromatic rings. The lowest BCUT2D eigenvalue weighted by molar-refractivity contribution is 0.230. The second kappa shape index (κ2) is 6.95. The van der Waals surface area contributed by atoms with Crippen molar-refractivity contribution in [3.05, 3.63) is 29.8 Å². The zero-order valence-corrected chi connectivity index (χ0v) is 12.3.